The van der Waals surface area contributed by atoms with Gasteiger partial charge in [0.1, 0.15) is 0 Å². The molecule has 0 unspecified atom stereocenters. The fraction of sp³-hybridized carbons (Fsp3) is 0.294. The van der Waals surface area contributed by atoms with Gasteiger partial charge in [-0.2, -0.15) is 5.06 Å². The third-order valence-electron chi connectivity index (χ3n) is 3.93. The summed E-state index contributed by atoms with van der Waals surface area (Å²) in [6.45, 7) is 0.274. The van der Waals surface area contributed by atoms with Crippen LogP contribution in [0.1, 0.15) is 23.6 Å². The van der Waals surface area contributed by atoms with E-state index in [0.29, 0.717) is 6.42 Å². The van der Waals surface area contributed by atoms with Crippen LogP contribution in [0, 0.1) is 0 Å². The van der Waals surface area contributed by atoms with E-state index in [1.54, 1.807) is 0 Å². The molecule has 1 aliphatic heterocycles. The molecule has 1 aromatic carbocycles. The summed E-state index contributed by atoms with van der Waals surface area (Å²) in [5.74, 6) is -0.996. The number of carbonyl (C=O) groups is 2. The molecule has 1 aromatic heterocycles. The monoisotopic (exact) mass is 298 g/mol. The molecule has 2 amide bonds. The SMILES string of the molecule is Cn1cccc1C[C@H](C(=O)N1OCCC1=O)c1ccccc1. The molecule has 0 bridgehead atoms. The molecule has 5 heteroatoms. The number of nitrogens with zero attached hydrogens (tertiary/aromatic N) is 2. The average molecular weight is 298 g/mol. The van der Waals surface area contributed by atoms with Crippen LogP contribution in [0.3, 0.4) is 0 Å². The van der Waals surface area contributed by atoms with Gasteiger partial charge in [0.05, 0.1) is 18.9 Å². The van der Waals surface area contributed by atoms with Crippen molar-refractivity contribution in [3.63, 3.8) is 0 Å². The van der Waals surface area contributed by atoms with Crippen molar-refractivity contribution in [1.29, 1.82) is 0 Å². The second-order valence-electron chi connectivity index (χ2n) is 5.39. The van der Waals surface area contributed by atoms with Gasteiger partial charge in [-0.1, -0.05) is 30.3 Å². The summed E-state index contributed by atoms with van der Waals surface area (Å²) in [7, 11) is 1.94. The van der Waals surface area contributed by atoms with Gasteiger partial charge in [0, 0.05) is 25.4 Å². The minimum Gasteiger partial charge on any atom is -0.354 e. The number of aryl methyl sites for hydroxylation is 1. The molecule has 0 N–H and O–H groups in total. The predicted octanol–water partition coefficient (Wildman–Crippen LogP) is 2.04. The van der Waals surface area contributed by atoms with Crippen LogP contribution < -0.4 is 0 Å². The molecule has 22 heavy (non-hydrogen) atoms. The lowest BCUT2D eigenvalue weighted by Gasteiger charge is -2.21. The Morgan fingerprint density at radius 1 is 1.23 bits per heavy atom. The highest BCUT2D eigenvalue weighted by atomic mass is 16.7. The minimum absolute atomic E-state index is 0.261. The maximum absolute atomic E-state index is 12.8. The van der Waals surface area contributed by atoms with E-state index in [1.807, 2.05) is 60.3 Å². The van der Waals surface area contributed by atoms with Crippen molar-refractivity contribution in [2.45, 2.75) is 18.8 Å². The Balaban J connectivity index is 1.91. The fourth-order valence-corrected chi connectivity index (χ4v) is 2.68. The van der Waals surface area contributed by atoms with Gasteiger partial charge in [-0.15, -0.1) is 0 Å². The lowest BCUT2D eigenvalue weighted by molar-refractivity contribution is -0.179. The molecule has 5 nitrogen and oxygen atoms in total. The second-order valence-corrected chi connectivity index (χ2v) is 5.39. The molecule has 3 rings (SSSR count). The molecule has 0 aliphatic carbocycles. The van der Waals surface area contributed by atoms with E-state index in [4.69, 9.17) is 4.84 Å². The summed E-state index contributed by atoms with van der Waals surface area (Å²) in [6, 6.07) is 13.4. The standard InChI is InChI=1S/C17H18N2O3/c1-18-10-5-8-14(18)12-15(13-6-3-2-4-7-13)17(21)19-16(20)9-11-22-19/h2-8,10,15H,9,11-12H2,1H3/t15-/m0/s1. The van der Waals surface area contributed by atoms with E-state index in [9.17, 15) is 9.59 Å². The minimum atomic E-state index is -0.433. The lowest BCUT2D eigenvalue weighted by atomic mass is 9.93. The van der Waals surface area contributed by atoms with Crippen molar-refractivity contribution in [3.8, 4) is 0 Å². The van der Waals surface area contributed by atoms with Gasteiger partial charge in [-0.25, -0.2) is 0 Å². The van der Waals surface area contributed by atoms with Gasteiger partial charge < -0.3 is 4.57 Å². The van der Waals surface area contributed by atoms with Gasteiger partial charge in [0.15, 0.2) is 0 Å². The molecule has 0 spiro atoms. The largest absolute Gasteiger partial charge is 0.354 e. The molecular formula is C17H18N2O3. The number of rotatable bonds is 4. The van der Waals surface area contributed by atoms with Crippen molar-refractivity contribution >= 4 is 11.8 Å². The van der Waals surface area contributed by atoms with Crippen LogP contribution in [-0.4, -0.2) is 28.1 Å². The van der Waals surface area contributed by atoms with Gasteiger partial charge >= 0.3 is 0 Å². The van der Waals surface area contributed by atoms with Crippen LogP contribution in [0.5, 0.6) is 0 Å². The maximum atomic E-state index is 12.8. The average Bonchev–Trinajstić information content (AvgIpc) is 3.13. The molecule has 2 aromatic rings. The van der Waals surface area contributed by atoms with Crippen LogP contribution >= 0.6 is 0 Å². The lowest BCUT2D eigenvalue weighted by Crippen LogP contribution is -2.36. The number of hydroxylamine groups is 2. The maximum Gasteiger partial charge on any atom is 0.261 e. The highest BCUT2D eigenvalue weighted by molar-refractivity contribution is 5.98. The first kappa shape index (κ1) is 14.5. The summed E-state index contributed by atoms with van der Waals surface area (Å²) in [6.07, 6.45) is 2.73. The molecule has 114 valence electrons. The van der Waals surface area contributed by atoms with E-state index < -0.39 is 5.92 Å². The fourth-order valence-electron chi connectivity index (χ4n) is 2.68. The number of amides is 2. The van der Waals surface area contributed by atoms with Crippen LogP contribution in [0.15, 0.2) is 48.7 Å². The van der Waals surface area contributed by atoms with E-state index in [-0.39, 0.29) is 24.8 Å². The summed E-state index contributed by atoms with van der Waals surface area (Å²) >= 11 is 0. The first-order valence-corrected chi connectivity index (χ1v) is 7.31. The zero-order chi connectivity index (χ0) is 15.5. The Morgan fingerprint density at radius 3 is 2.59 bits per heavy atom. The highest BCUT2D eigenvalue weighted by Crippen LogP contribution is 2.25. The number of benzene rings is 1. The van der Waals surface area contributed by atoms with E-state index in [0.717, 1.165) is 16.3 Å². The molecule has 0 radical (unpaired) electrons. The molecule has 1 saturated heterocycles. The molecule has 0 saturated carbocycles. The first-order chi connectivity index (χ1) is 10.7. The quantitative estimate of drug-likeness (QED) is 0.868. The third kappa shape index (κ3) is 2.80. The molecule has 2 heterocycles. The number of hydrogen-bond donors (Lipinski definition) is 0. The topological polar surface area (TPSA) is 51.5 Å². The Labute approximate surface area is 129 Å². The smallest absolute Gasteiger partial charge is 0.261 e. The van der Waals surface area contributed by atoms with Crippen molar-refractivity contribution in [3.05, 3.63) is 59.9 Å². The Morgan fingerprint density at radius 2 is 2.00 bits per heavy atom. The van der Waals surface area contributed by atoms with Gasteiger partial charge in [-0.3, -0.25) is 14.4 Å². The zero-order valence-corrected chi connectivity index (χ0v) is 12.4. The Bertz CT molecular complexity index is 678. The van der Waals surface area contributed by atoms with Crippen LogP contribution in [-0.2, 0) is 27.9 Å². The van der Waals surface area contributed by atoms with E-state index in [1.165, 1.54) is 0 Å². The van der Waals surface area contributed by atoms with E-state index >= 15 is 0 Å². The Hall–Kier alpha value is -2.40. The zero-order valence-electron chi connectivity index (χ0n) is 12.4. The Kier molecular flexibility index (Phi) is 4.06. The van der Waals surface area contributed by atoms with E-state index in [2.05, 4.69) is 0 Å². The van der Waals surface area contributed by atoms with Crippen LogP contribution in [0.25, 0.3) is 0 Å². The van der Waals surface area contributed by atoms with Gasteiger partial charge in [0.25, 0.3) is 11.8 Å². The third-order valence-corrected chi connectivity index (χ3v) is 3.93. The first-order valence-electron chi connectivity index (χ1n) is 7.31. The van der Waals surface area contributed by atoms with Crippen LogP contribution in [0.2, 0.25) is 0 Å². The number of hydrogen-bond acceptors (Lipinski definition) is 3. The van der Waals surface area contributed by atoms with Crippen molar-refractivity contribution in [1.82, 2.24) is 9.63 Å². The normalized spacial score (nSPS) is 16.0. The van der Waals surface area contributed by atoms with Crippen molar-refractivity contribution < 1.29 is 14.4 Å². The van der Waals surface area contributed by atoms with Crippen molar-refractivity contribution in [2.24, 2.45) is 7.05 Å². The molecule has 1 atom stereocenters. The van der Waals surface area contributed by atoms with Gasteiger partial charge in [0.2, 0.25) is 0 Å². The summed E-state index contributed by atoms with van der Waals surface area (Å²) in [5.41, 5.74) is 1.92. The predicted molar refractivity (Wildman–Crippen MR) is 80.7 cm³/mol. The highest BCUT2D eigenvalue weighted by Gasteiger charge is 2.34. The molecule has 1 aliphatic rings. The summed E-state index contributed by atoms with van der Waals surface area (Å²) in [4.78, 5) is 29.8. The number of imide groups is 1. The molecular weight excluding hydrogens is 280 g/mol. The van der Waals surface area contributed by atoms with Crippen molar-refractivity contribution in [2.75, 3.05) is 6.61 Å². The summed E-state index contributed by atoms with van der Waals surface area (Å²) in [5, 5.41) is 0.931. The number of carbonyl (C=O) groups excluding carboxylic acids is 2. The second kappa shape index (κ2) is 6.15. The summed E-state index contributed by atoms with van der Waals surface area (Å²) < 4.78 is 1.98. The molecule has 1 fully saturated rings. The van der Waals surface area contributed by atoms with Crippen LogP contribution in [0.4, 0.5) is 0 Å². The number of aromatic nitrogens is 1. The van der Waals surface area contributed by atoms with Gasteiger partial charge in [-0.05, 0) is 17.7 Å².